The first-order valence-corrected chi connectivity index (χ1v) is 2.99. The summed E-state index contributed by atoms with van der Waals surface area (Å²) >= 11 is 5.17. The molecule has 1 heterocycles. The molecule has 1 rings (SSSR count). The molecule has 1 nitrogen and oxygen atoms in total. The first-order chi connectivity index (χ1) is 5.02. The monoisotopic (exact) mass is 180 g/mol. The van der Waals surface area contributed by atoms with Crippen molar-refractivity contribution < 1.29 is 13.2 Å². The Bertz CT molecular complexity index is 258. The Labute approximate surface area is 65.8 Å². The number of hydrogen-bond donors (Lipinski definition) is 0. The highest BCUT2D eigenvalue weighted by Crippen LogP contribution is 2.33. The van der Waals surface area contributed by atoms with Gasteiger partial charge in [0.05, 0.1) is 10.6 Å². The van der Waals surface area contributed by atoms with E-state index < -0.39 is 16.8 Å². The van der Waals surface area contributed by atoms with Crippen LogP contribution >= 0.6 is 11.6 Å². The zero-order valence-electron chi connectivity index (χ0n) is 5.11. The van der Waals surface area contributed by atoms with E-state index in [9.17, 15) is 13.2 Å². The van der Waals surface area contributed by atoms with Crippen LogP contribution < -0.4 is 0 Å². The van der Waals surface area contributed by atoms with Gasteiger partial charge >= 0.3 is 6.18 Å². The molecule has 0 aromatic carbocycles. The first kappa shape index (κ1) is 8.33. The normalized spacial score (nSPS) is 11.6. The third kappa shape index (κ3) is 1.83. The molecule has 0 aliphatic heterocycles. The minimum absolute atomic E-state index is 0.500. The zero-order chi connectivity index (χ0) is 8.48. The standard InChI is InChI=1S/C6H2ClF3N/c7-5-3-11-2-1-4(5)6(8,9)10/h1-2H. The van der Waals surface area contributed by atoms with Crippen LogP contribution in [-0.4, -0.2) is 4.98 Å². The fourth-order valence-corrected chi connectivity index (χ4v) is 0.777. The summed E-state index contributed by atoms with van der Waals surface area (Å²) in [6.07, 6.45) is -1.42. The van der Waals surface area contributed by atoms with Crippen molar-refractivity contribution in [2.45, 2.75) is 6.18 Å². The lowest BCUT2D eigenvalue weighted by molar-refractivity contribution is -0.137. The van der Waals surface area contributed by atoms with E-state index in [0.29, 0.717) is 0 Å². The minimum Gasteiger partial charge on any atom is -0.253 e. The summed E-state index contributed by atoms with van der Waals surface area (Å²) in [5.41, 5.74) is -0.908. The van der Waals surface area contributed by atoms with Gasteiger partial charge in [-0.2, -0.15) is 13.2 Å². The van der Waals surface area contributed by atoms with Gasteiger partial charge < -0.3 is 0 Å². The molecule has 5 heteroatoms. The van der Waals surface area contributed by atoms with Crippen LogP contribution in [0.25, 0.3) is 0 Å². The topological polar surface area (TPSA) is 12.9 Å². The van der Waals surface area contributed by atoms with Crippen LogP contribution in [0, 0.1) is 6.20 Å². The van der Waals surface area contributed by atoms with Gasteiger partial charge in [0.2, 0.25) is 0 Å². The average molecular weight is 181 g/mol. The van der Waals surface area contributed by atoms with E-state index in [1.165, 1.54) is 0 Å². The highest BCUT2D eigenvalue weighted by molar-refractivity contribution is 6.31. The van der Waals surface area contributed by atoms with E-state index in [2.05, 4.69) is 4.98 Å². The van der Waals surface area contributed by atoms with E-state index in [-0.39, 0.29) is 0 Å². The van der Waals surface area contributed by atoms with E-state index >= 15 is 0 Å². The summed E-state index contributed by atoms with van der Waals surface area (Å²) in [7, 11) is 0. The largest absolute Gasteiger partial charge is 0.417 e. The number of rotatable bonds is 0. The van der Waals surface area contributed by atoms with Crippen LogP contribution in [0.15, 0.2) is 12.3 Å². The van der Waals surface area contributed by atoms with Crippen molar-refractivity contribution in [2.75, 3.05) is 0 Å². The average Bonchev–Trinajstić information content (AvgIpc) is 1.86. The summed E-state index contributed by atoms with van der Waals surface area (Å²) in [5.74, 6) is 0. The molecule has 0 fully saturated rings. The van der Waals surface area contributed by atoms with E-state index in [4.69, 9.17) is 11.6 Å². The lowest BCUT2D eigenvalue weighted by Crippen LogP contribution is -2.05. The maximum atomic E-state index is 11.9. The van der Waals surface area contributed by atoms with E-state index in [1.54, 1.807) is 0 Å². The number of hydrogen-bond acceptors (Lipinski definition) is 1. The Morgan fingerprint density at radius 2 is 2.09 bits per heavy atom. The molecular formula is C6H2ClF3N. The molecule has 1 radical (unpaired) electrons. The first-order valence-electron chi connectivity index (χ1n) is 2.61. The third-order valence-corrected chi connectivity index (χ3v) is 1.31. The predicted molar refractivity (Wildman–Crippen MR) is 33.1 cm³/mol. The van der Waals surface area contributed by atoms with Gasteiger partial charge in [0, 0.05) is 6.20 Å². The Hall–Kier alpha value is -0.770. The van der Waals surface area contributed by atoms with E-state index in [1.807, 2.05) is 6.20 Å². The van der Waals surface area contributed by atoms with Crippen molar-refractivity contribution in [2.24, 2.45) is 0 Å². The highest BCUT2D eigenvalue weighted by atomic mass is 35.5. The van der Waals surface area contributed by atoms with Gasteiger partial charge in [-0.05, 0) is 6.07 Å². The maximum absolute atomic E-state index is 11.9. The zero-order valence-corrected chi connectivity index (χ0v) is 5.87. The van der Waals surface area contributed by atoms with Crippen molar-refractivity contribution in [3.63, 3.8) is 0 Å². The van der Waals surface area contributed by atoms with Crippen molar-refractivity contribution in [1.29, 1.82) is 0 Å². The van der Waals surface area contributed by atoms with Crippen molar-refractivity contribution in [3.8, 4) is 0 Å². The number of aromatic nitrogens is 1. The second kappa shape index (κ2) is 2.70. The molecule has 11 heavy (non-hydrogen) atoms. The second-order valence-electron chi connectivity index (χ2n) is 1.78. The number of pyridine rings is 1. The van der Waals surface area contributed by atoms with Gasteiger partial charge in [-0.3, -0.25) is 4.98 Å². The van der Waals surface area contributed by atoms with Crippen LogP contribution in [0.4, 0.5) is 13.2 Å². The molecule has 0 aliphatic carbocycles. The fraction of sp³-hybridized carbons (Fsp3) is 0.167. The van der Waals surface area contributed by atoms with Crippen LogP contribution in [0.2, 0.25) is 5.02 Å². The number of alkyl halides is 3. The molecule has 0 N–H and O–H groups in total. The van der Waals surface area contributed by atoms with E-state index in [0.717, 1.165) is 12.3 Å². The van der Waals surface area contributed by atoms with Gasteiger partial charge in [-0.25, -0.2) is 0 Å². The molecule has 0 spiro atoms. The smallest absolute Gasteiger partial charge is 0.253 e. The Kier molecular flexibility index (Phi) is 2.04. The summed E-state index contributed by atoms with van der Waals surface area (Å²) < 4.78 is 35.7. The van der Waals surface area contributed by atoms with Crippen molar-refractivity contribution in [1.82, 2.24) is 4.98 Å². The fourth-order valence-electron chi connectivity index (χ4n) is 0.558. The Balaban J connectivity index is 3.14. The van der Waals surface area contributed by atoms with Crippen LogP contribution in [0.3, 0.4) is 0 Å². The van der Waals surface area contributed by atoms with Gasteiger partial charge in [-0.15, -0.1) is 0 Å². The Morgan fingerprint density at radius 1 is 1.45 bits per heavy atom. The molecule has 0 amide bonds. The third-order valence-electron chi connectivity index (χ3n) is 1.02. The number of nitrogens with zero attached hydrogens (tertiary/aromatic N) is 1. The summed E-state index contributed by atoms with van der Waals surface area (Å²) in [6, 6.07) is 0.804. The molecule has 0 atom stereocenters. The second-order valence-corrected chi connectivity index (χ2v) is 2.16. The molecular weight excluding hydrogens is 179 g/mol. The predicted octanol–water partition coefficient (Wildman–Crippen LogP) is 2.55. The number of halogens is 4. The van der Waals surface area contributed by atoms with Crippen molar-refractivity contribution in [3.05, 3.63) is 29.0 Å². The minimum atomic E-state index is -4.42. The molecule has 1 aromatic rings. The molecule has 0 unspecified atom stereocenters. The molecule has 59 valence electrons. The van der Waals surface area contributed by atoms with Gasteiger partial charge in [0.1, 0.15) is 6.20 Å². The Morgan fingerprint density at radius 3 is 2.45 bits per heavy atom. The molecule has 1 aromatic heterocycles. The van der Waals surface area contributed by atoms with Gasteiger partial charge in [0.25, 0.3) is 0 Å². The summed E-state index contributed by atoms with van der Waals surface area (Å²) in [5, 5.41) is -0.500. The lowest BCUT2D eigenvalue weighted by atomic mass is 10.3. The van der Waals surface area contributed by atoms with Crippen molar-refractivity contribution >= 4 is 11.6 Å². The van der Waals surface area contributed by atoms with Crippen LogP contribution in [-0.2, 0) is 6.18 Å². The quantitative estimate of drug-likeness (QED) is 0.598. The molecule has 0 bridgehead atoms. The highest BCUT2D eigenvalue weighted by Gasteiger charge is 2.32. The molecule has 0 saturated heterocycles. The maximum Gasteiger partial charge on any atom is 0.417 e. The molecule has 0 aliphatic rings. The SMILES string of the molecule is FC(F)(F)c1ccn[c]c1Cl. The summed E-state index contributed by atoms with van der Waals surface area (Å²) in [6.45, 7) is 0. The van der Waals surface area contributed by atoms with Gasteiger partial charge in [0.15, 0.2) is 0 Å². The lowest BCUT2D eigenvalue weighted by Gasteiger charge is -2.05. The van der Waals surface area contributed by atoms with Crippen LogP contribution in [0.1, 0.15) is 5.56 Å². The summed E-state index contributed by atoms with van der Waals surface area (Å²) in [4.78, 5) is 3.30. The van der Waals surface area contributed by atoms with Crippen LogP contribution in [0.5, 0.6) is 0 Å². The van der Waals surface area contributed by atoms with Gasteiger partial charge in [-0.1, -0.05) is 11.6 Å². The molecule has 0 saturated carbocycles.